The van der Waals surface area contributed by atoms with Gasteiger partial charge in [0.2, 0.25) is 0 Å². The van der Waals surface area contributed by atoms with E-state index in [-0.39, 0.29) is 6.61 Å². The smallest absolute Gasteiger partial charge is 0.104 e. The zero-order valence-corrected chi connectivity index (χ0v) is 13.1. The van der Waals surface area contributed by atoms with Crippen LogP contribution < -0.4 is 0 Å². The third kappa shape index (κ3) is 4.60. The molecule has 0 bridgehead atoms. The fourth-order valence-corrected chi connectivity index (χ4v) is 3.22. The molecule has 1 fully saturated rings. The Labute approximate surface area is 125 Å². The number of hydrogen-bond acceptors (Lipinski definition) is 4. The molecule has 3 nitrogen and oxygen atoms in total. The van der Waals surface area contributed by atoms with Gasteiger partial charge in [0.15, 0.2) is 0 Å². The van der Waals surface area contributed by atoms with Crippen molar-refractivity contribution in [1.29, 1.82) is 0 Å². The molecular weight excluding hydrogens is 270 g/mol. The quantitative estimate of drug-likeness (QED) is 0.783. The molecule has 1 aromatic heterocycles. The summed E-state index contributed by atoms with van der Waals surface area (Å²) >= 11 is 1.74. The van der Waals surface area contributed by atoms with Crippen LogP contribution >= 0.6 is 11.3 Å². The predicted octanol–water partition coefficient (Wildman–Crippen LogP) is 2.34. The van der Waals surface area contributed by atoms with Crippen LogP contribution in [0.4, 0.5) is 0 Å². The predicted molar refractivity (Wildman–Crippen MR) is 82.8 cm³/mol. The molecule has 0 radical (unpaired) electrons. The van der Waals surface area contributed by atoms with Crippen molar-refractivity contribution < 1.29 is 9.84 Å². The third-order valence-electron chi connectivity index (χ3n) is 3.79. The number of rotatable bonds is 7. The van der Waals surface area contributed by atoms with Gasteiger partial charge in [0.25, 0.3) is 0 Å². The highest BCUT2D eigenvalue weighted by atomic mass is 32.1. The van der Waals surface area contributed by atoms with E-state index in [0.717, 1.165) is 31.2 Å². The molecule has 2 rings (SSSR count). The monoisotopic (exact) mass is 293 g/mol. The Morgan fingerprint density at radius 1 is 1.55 bits per heavy atom. The van der Waals surface area contributed by atoms with E-state index in [1.54, 1.807) is 18.4 Å². The van der Waals surface area contributed by atoms with Crippen molar-refractivity contribution in [3.63, 3.8) is 0 Å². The maximum Gasteiger partial charge on any atom is 0.104 e. The number of hydrogen-bond donors (Lipinski definition) is 1. The number of aliphatic hydroxyl groups excluding tert-OH is 1. The second-order valence-electron chi connectivity index (χ2n) is 5.30. The molecule has 1 N–H and O–H groups in total. The van der Waals surface area contributed by atoms with Gasteiger partial charge in [-0.2, -0.15) is 0 Å². The summed E-state index contributed by atoms with van der Waals surface area (Å²) in [5.74, 6) is 6.52. The third-order valence-corrected chi connectivity index (χ3v) is 4.71. The van der Waals surface area contributed by atoms with Gasteiger partial charge in [0, 0.05) is 42.1 Å². The van der Waals surface area contributed by atoms with Crippen LogP contribution in [0.15, 0.2) is 11.4 Å². The number of thiophene rings is 1. The van der Waals surface area contributed by atoms with E-state index in [1.165, 1.54) is 17.7 Å². The highest BCUT2D eigenvalue weighted by Crippen LogP contribution is 2.35. The minimum atomic E-state index is -0.0795. The summed E-state index contributed by atoms with van der Waals surface area (Å²) in [5, 5.41) is 10.8. The van der Waals surface area contributed by atoms with Gasteiger partial charge in [-0.25, -0.2) is 0 Å². The Morgan fingerprint density at radius 3 is 3.00 bits per heavy atom. The molecular formula is C16H23NO2S. The first kappa shape index (κ1) is 15.5. The van der Waals surface area contributed by atoms with Crippen LogP contribution in [-0.4, -0.2) is 42.9 Å². The van der Waals surface area contributed by atoms with Gasteiger partial charge in [-0.15, -0.1) is 11.3 Å². The lowest BCUT2D eigenvalue weighted by molar-refractivity contribution is 0.112. The molecule has 1 atom stereocenters. The number of methoxy groups -OCH3 is 1. The maximum absolute atomic E-state index is 8.73. The zero-order valence-electron chi connectivity index (χ0n) is 12.3. The van der Waals surface area contributed by atoms with Gasteiger partial charge in [-0.05, 0) is 31.7 Å². The number of nitrogens with zero attached hydrogens (tertiary/aromatic N) is 1. The van der Waals surface area contributed by atoms with Crippen LogP contribution in [0.2, 0.25) is 0 Å². The van der Waals surface area contributed by atoms with E-state index in [2.05, 4.69) is 35.1 Å². The normalized spacial score (nSPS) is 16.0. The van der Waals surface area contributed by atoms with Crippen LogP contribution in [0.3, 0.4) is 0 Å². The summed E-state index contributed by atoms with van der Waals surface area (Å²) in [6, 6.07) is 2.76. The fourth-order valence-electron chi connectivity index (χ4n) is 2.38. The minimum absolute atomic E-state index is 0.0795. The largest absolute Gasteiger partial charge is 0.384 e. The zero-order chi connectivity index (χ0) is 14.4. The molecule has 0 aromatic carbocycles. The molecule has 0 aliphatic heterocycles. The molecule has 1 aliphatic rings. The van der Waals surface area contributed by atoms with Crippen molar-refractivity contribution in [2.45, 2.75) is 32.4 Å². The lowest BCUT2D eigenvalue weighted by atomic mass is 10.1. The molecule has 4 heteroatoms. The lowest BCUT2D eigenvalue weighted by Crippen LogP contribution is -2.36. The van der Waals surface area contributed by atoms with Crippen molar-refractivity contribution in [1.82, 2.24) is 4.90 Å². The standard InChI is InChI=1S/C16H23NO2S/c1-13(15-5-6-15)17(7-9-19-2)11-16-10-14(12-20-16)4-3-8-18/h10,12-13,15,18H,5-9,11H2,1-2H3. The van der Waals surface area contributed by atoms with E-state index >= 15 is 0 Å². The van der Waals surface area contributed by atoms with Gasteiger partial charge in [-0.3, -0.25) is 4.90 Å². The van der Waals surface area contributed by atoms with E-state index in [0.29, 0.717) is 6.04 Å². The van der Waals surface area contributed by atoms with Crippen LogP contribution in [0.1, 0.15) is 30.2 Å². The number of aliphatic hydroxyl groups is 1. The fraction of sp³-hybridized carbons (Fsp3) is 0.625. The Balaban J connectivity index is 1.96. The van der Waals surface area contributed by atoms with Crippen LogP contribution in [0, 0.1) is 17.8 Å². The van der Waals surface area contributed by atoms with Crippen LogP contribution in [-0.2, 0) is 11.3 Å². The molecule has 20 heavy (non-hydrogen) atoms. The van der Waals surface area contributed by atoms with E-state index in [4.69, 9.17) is 9.84 Å². The van der Waals surface area contributed by atoms with Crippen LogP contribution in [0.25, 0.3) is 0 Å². The molecule has 1 unspecified atom stereocenters. The molecule has 1 aromatic rings. The van der Waals surface area contributed by atoms with E-state index < -0.39 is 0 Å². The van der Waals surface area contributed by atoms with E-state index in [9.17, 15) is 0 Å². The molecule has 0 saturated heterocycles. The molecule has 1 aliphatic carbocycles. The van der Waals surface area contributed by atoms with Crippen molar-refractivity contribution >= 4 is 11.3 Å². The molecule has 0 spiro atoms. The summed E-state index contributed by atoms with van der Waals surface area (Å²) < 4.78 is 5.23. The summed E-state index contributed by atoms with van der Waals surface area (Å²) in [4.78, 5) is 3.84. The van der Waals surface area contributed by atoms with Gasteiger partial charge in [-0.1, -0.05) is 11.8 Å². The highest BCUT2D eigenvalue weighted by molar-refractivity contribution is 7.10. The Hall–Kier alpha value is -0.860. The lowest BCUT2D eigenvalue weighted by Gasteiger charge is -2.28. The Kier molecular flexibility index (Phi) is 6.06. The Bertz CT molecular complexity index is 470. The van der Waals surface area contributed by atoms with E-state index in [1.807, 2.05) is 0 Å². The minimum Gasteiger partial charge on any atom is -0.384 e. The van der Waals surface area contributed by atoms with Gasteiger partial charge in [0.1, 0.15) is 6.61 Å². The topological polar surface area (TPSA) is 32.7 Å². The van der Waals surface area contributed by atoms with Crippen molar-refractivity contribution in [2.75, 3.05) is 26.9 Å². The first-order valence-corrected chi connectivity index (χ1v) is 8.02. The maximum atomic E-state index is 8.73. The summed E-state index contributed by atoms with van der Waals surface area (Å²) in [6.45, 7) is 4.97. The number of ether oxygens (including phenoxy) is 1. The van der Waals surface area contributed by atoms with Crippen molar-refractivity contribution in [3.05, 3.63) is 21.9 Å². The second-order valence-corrected chi connectivity index (χ2v) is 6.30. The van der Waals surface area contributed by atoms with Crippen molar-refractivity contribution in [2.24, 2.45) is 5.92 Å². The molecule has 0 amide bonds. The van der Waals surface area contributed by atoms with Crippen LogP contribution in [0.5, 0.6) is 0 Å². The summed E-state index contributed by atoms with van der Waals surface area (Å²) in [7, 11) is 1.76. The SMILES string of the molecule is COCCN(Cc1cc(C#CCO)cs1)C(C)C1CC1. The Morgan fingerprint density at radius 2 is 2.35 bits per heavy atom. The summed E-state index contributed by atoms with van der Waals surface area (Å²) in [5.41, 5.74) is 1.00. The molecule has 1 heterocycles. The van der Waals surface area contributed by atoms with Crippen molar-refractivity contribution in [3.8, 4) is 11.8 Å². The van der Waals surface area contributed by atoms with Gasteiger partial charge >= 0.3 is 0 Å². The average Bonchev–Trinajstić information content (AvgIpc) is 3.21. The highest BCUT2D eigenvalue weighted by Gasteiger charge is 2.31. The van der Waals surface area contributed by atoms with Gasteiger partial charge < -0.3 is 9.84 Å². The first-order chi connectivity index (χ1) is 9.74. The van der Waals surface area contributed by atoms with Gasteiger partial charge in [0.05, 0.1) is 6.61 Å². The second kappa shape index (κ2) is 7.80. The summed E-state index contributed by atoms with van der Waals surface area (Å²) in [6.07, 6.45) is 2.73. The average molecular weight is 293 g/mol. The molecule has 110 valence electrons. The molecule has 1 saturated carbocycles. The first-order valence-electron chi connectivity index (χ1n) is 7.14.